The first-order valence-electron chi connectivity index (χ1n) is 6.61. The molecule has 1 N–H and O–H groups in total. The van der Waals surface area contributed by atoms with Gasteiger partial charge >= 0.3 is 5.97 Å². The lowest BCUT2D eigenvalue weighted by Gasteiger charge is -2.24. The van der Waals surface area contributed by atoms with Crippen LogP contribution in [-0.2, 0) is 9.59 Å². The monoisotopic (exact) mass is 295 g/mol. The first kappa shape index (κ1) is 16.6. The Bertz CT molecular complexity index is 457. The predicted octanol–water partition coefficient (Wildman–Crippen LogP) is 2.80. The molecule has 1 aromatic carbocycles. The van der Waals surface area contributed by atoms with E-state index in [1.807, 2.05) is 45.0 Å². The van der Waals surface area contributed by atoms with E-state index >= 15 is 0 Å². The van der Waals surface area contributed by atoms with Crippen LogP contribution in [0.1, 0.15) is 25.8 Å². The summed E-state index contributed by atoms with van der Waals surface area (Å²) in [5, 5.41) is 8.81. The number of carbonyl (C=O) groups excluding carboxylic acids is 1. The molecule has 0 aliphatic heterocycles. The minimum absolute atomic E-state index is 0.0945. The van der Waals surface area contributed by atoms with Crippen LogP contribution in [0.3, 0.4) is 0 Å². The van der Waals surface area contributed by atoms with Crippen molar-refractivity contribution in [2.45, 2.75) is 38.1 Å². The van der Waals surface area contributed by atoms with E-state index in [1.54, 1.807) is 11.8 Å². The van der Waals surface area contributed by atoms with Gasteiger partial charge < -0.3 is 10.0 Å². The van der Waals surface area contributed by atoms with Crippen LogP contribution in [0.15, 0.2) is 29.2 Å². The number of rotatable bonds is 7. The lowest BCUT2D eigenvalue weighted by atomic mass is 10.2. The zero-order chi connectivity index (χ0) is 15.1. The van der Waals surface area contributed by atoms with Gasteiger partial charge in [0.1, 0.15) is 6.54 Å². The van der Waals surface area contributed by atoms with Crippen LogP contribution in [0.25, 0.3) is 0 Å². The molecule has 110 valence electrons. The van der Waals surface area contributed by atoms with Crippen LogP contribution < -0.4 is 0 Å². The number of carbonyl (C=O) groups is 2. The number of thioether (sulfide) groups is 1. The molecule has 0 fully saturated rings. The third kappa shape index (κ3) is 5.65. The molecule has 5 heteroatoms. The Hall–Kier alpha value is -1.49. The molecule has 1 rings (SSSR count). The topological polar surface area (TPSA) is 57.6 Å². The molecule has 0 heterocycles. The molecule has 0 spiro atoms. The van der Waals surface area contributed by atoms with Gasteiger partial charge in [-0.05, 0) is 32.9 Å². The number of amides is 1. The largest absolute Gasteiger partial charge is 0.480 e. The summed E-state index contributed by atoms with van der Waals surface area (Å²) in [6.07, 6.45) is 0.351. The molecule has 1 amide bonds. The number of benzene rings is 1. The molecular weight excluding hydrogens is 274 g/mol. The number of carboxylic acids is 1. The van der Waals surface area contributed by atoms with E-state index in [2.05, 4.69) is 0 Å². The second kappa shape index (κ2) is 7.94. The normalized spacial score (nSPS) is 10.6. The van der Waals surface area contributed by atoms with Crippen LogP contribution in [0.5, 0.6) is 0 Å². The molecule has 0 bridgehead atoms. The number of aliphatic carboxylic acids is 1. The molecule has 0 radical (unpaired) electrons. The fourth-order valence-electron chi connectivity index (χ4n) is 1.74. The van der Waals surface area contributed by atoms with Gasteiger partial charge in [-0.2, -0.15) is 0 Å². The summed E-state index contributed by atoms with van der Waals surface area (Å²) in [7, 11) is 0. The molecule has 0 aliphatic carbocycles. The van der Waals surface area contributed by atoms with E-state index in [4.69, 9.17) is 5.11 Å². The quantitative estimate of drug-likeness (QED) is 0.786. The second-order valence-corrected chi connectivity index (χ2v) is 6.09. The predicted molar refractivity (Wildman–Crippen MR) is 81.0 cm³/mol. The summed E-state index contributed by atoms with van der Waals surface area (Å²) in [6.45, 7) is 5.46. The second-order valence-electron chi connectivity index (χ2n) is 4.92. The van der Waals surface area contributed by atoms with Crippen molar-refractivity contribution in [3.8, 4) is 0 Å². The highest BCUT2D eigenvalue weighted by Crippen LogP contribution is 2.19. The van der Waals surface area contributed by atoms with E-state index < -0.39 is 5.97 Å². The van der Waals surface area contributed by atoms with Gasteiger partial charge in [-0.25, -0.2) is 0 Å². The minimum Gasteiger partial charge on any atom is -0.480 e. The highest BCUT2D eigenvalue weighted by molar-refractivity contribution is 7.99. The standard InChI is InChI=1S/C15H21NO3S/c1-11(2)16(10-15(18)19)14(17)8-9-20-13-6-4-12(3)5-7-13/h4-7,11H,8-10H2,1-3H3,(H,18,19). The van der Waals surface area contributed by atoms with Crippen molar-refractivity contribution in [3.05, 3.63) is 29.8 Å². The summed E-state index contributed by atoms with van der Waals surface area (Å²) >= 11 is 1.61. The first-order chi connectivity index (χ1) is 9.40. The molecule has 20 heavy (non-hydrogen) atoms. The highest BCUT2D eigenvalue weighted by Gasteiger charge is 2.19. The summed E-state index contributed by atoms with van der Waals surface area (Å²) < 4.78 is 0. The van der Waals surface area contributed by atoms with Crippen molar-refractivity contribution < 1.29 is 14.7 Å². The zero-order valence-corrected chi connectivity index (χ0v) is 12.9. The van der Waals surface area contributed by atoms with Crippen molar-refractivity contribution in [3.63, 3.8) is 0 Å². The molecule has 0 saturated heterocycles. The maximum atomic E-state index is 12.0. The van der Waals surface area contributed by atoms with Crippen LogP contribution in [0, 0.1) is 6.92 Å². The zero-order valence-electron chi connectivity index (χ0n) is 12.1. The molecule has 0 atom stereocenters. The Morgan fingerprint density at radius 3 is 2.35 bits per heavy atom. The smallest absolute Gasteiger partial charge is 0.323 e. The molecule has 0 aliphatic rings. The van der Waals surface area contributed by atoms with Crippen molar-refractivity contribution in [2.75, 3.05) is 12.3 Å². The SMILES string of the molecule is Cc1ccc(SCCC(=O)N(CC(=O)O)C(C)C)cc1. The van der Waals surface area contributed by atoms with Crippen LogP contribution in [-0.4, -0.2) is 40.2 Å². The molecule has 4 nitrogen and oxygen atoms in total. The number of aryl methyl sites for hydroxylation is 1. The summed E-state index contributed by atoms with van der Waals surface area (Å²) in [5.41, 5.74) is 1.21. The van der Waals surface area contributed by atoms with Gasteiger partial charge in [0, 0.05) is 23.1 Å². The van der Waals surface area contributed by atoms with Gasteiger partial charge in [0.2, 0.25) is 5.91 Å². The number of nitrogens with zero attached hydrogens (tertiary/aromatic N) is 1. The lowest BCUT2D eigenvalue weighted by Crippen LogP contribution is -2.40. The average Bonchev–Trinajstić information content (AvgIpc) is 2.37. The lowest BCUT2D eigenvalue weighted by molar-refractivity contribution is -0.145. The summed E-state index contributed by atoms with van der Waals surface area (Å²) in [5.74, 6) is -0.426. The van der Waals surface area contributed by atoms with Crippen molar-refractivity contribution in [1.82, 2.24) is 4.90 Å². The van der Waals surface area contributed by atoms with E-state index in [9.17, 15) is 9.59 Å². The average molecular weight is 295 g/mol. The molecule has 1 aromatic rings. The Morgan fingerprint density at radius 1 is 1.25 bits per heavy atom. The Kier molecular flexibility index (Phi) is 6.58. The van der Waals surface area contributed by atoms with Gasteiger partial charge in [0.15, 0.2) is 0 Å². The maximum absolute atomic E-state index is 12.0. The van der Waals surface area contributed by atoms with Crippen molar-refractivity contribution in [1.29, 1.82) is 0 Å². The fourth-order valence-corrected chi connectivity index (χ4v) is 2.58. The molecular formula is C15H21NO3S. The summed E-state index contributed by atoms with van der Waals surface area (Å²) in [4.78, 5) is 25.3. The van der Waals surface area contributed by atoms with E-state index in [0.29, 0.717) is 12.2 Å². The van der Waals surface area contributed by atoms with Gasteiger partial charge in [0.25, 0.3) is 0 Å². The van der Waals surface area contributed by atoms with Gasteiger partial charge in [-0.15, -0.1) is 11.8 Å². The van der Waals surface area contributed by atoms with Crippen LogP contribution in [0.2, 0.25) is 0 Å². The van der Waals surface area contributed by atoms with Gasteiger partial charge in [-0.3, -0.25) is 9.59 Å². The molecule has 0 saturated carbocycles. The fraction of sp³-hybridized carbons (Fsp3) is 0.467. The number of carboxylic acid groups (broad SMARTS) is 1. The molecule has 0 unspecified atom stereocenters. The third-order valence-corrected chi connectivity index (χ3v) is 3.87. The van der Waals surface area contributed by atoms with Crippen molar-refractivity contribution >= 4 is 23.6 Å². The minimum atomic E-state index is -0.974. The van der Waals surface area contributed by atoms with Gasteiger partial charge in [0.05, 0.1) is 0 Å². The Balaban J connectivity index is 2.44. The van der Waals surface area contributed by atoms with Crippen LogP contribution >= 0.6 is 11.8 Å². The summed E-state index contributed by atoms with van der Waals surface area (Å²) in [6, 6.07) is 8.04. The number of hydrogen-bond acceptors (Lipinski definition) is 3. The van der Waals surface area contributed by atoms with E-state index in [1.165, 1.54) is 10.5 Å². The third-order valence-electron chi connectivity index (χ3n) is 2.85. The first-order valence-corrected chi connectivity index (χ1v) is 7.59. The van der Waals surface area contributed by atoms with Gasteiger partial charge in [-0.1, -0.05) is 17.7 Å². The van der Waals surface area contributed by atoms with Crippen molar-refractivity contribution in [2.24, 2.45) is 0 Å². The Labute approximate surface area is 124 Å². The number of hydrogen-bond donors (Lipinski definition) is 1. The molecule has 0 aromatic heterocycles. The van der Waals surface area contributed by atoms with E-state index in [0.717, 1.165) is 4.90 Å². The Morgan fingerprint density at radius 2 is 1.85 bits per heavy atom. The van der Waals surface area contributed by atoms with E-state index in [-0.39, 0.29) is 18.5 Å². The maximum Gasteiger partial charge on any atom is 0.323 e. The highest BCUT2D eigenvalue weighted by atomic mass is 32.2. The van der Waals surface area contributed by atoms with Crippen LogP contribution in [0.4, 0.5) is 0 Å².